The van der Waals surface area contributed by atoms with E-state index in [9.17, 15) is 4.79 Å². The van der Waals surface area contributed by atoms with Crippen LogP contribution in [0.3, 0.4) is 0 Å². The highest BCUT2D eigenvalue weighted by Crippen LogP contribution is 2.31. The fourth-order valence-electron chi connectivity index (χ4n) is 5.20. The van der Waals surface area contributed by atoms with E-state index in [1.807, 2.05) is 26.1 Å². The number of carbonyl (C=O) groups is 1. The van der Waals surface area contributed by atoms with Crippen LogP contribution in [0.2, 0.25) is 0 Å². The van der Waals surface area contributed by atoms with Gasteiger partial charge in [0.1, 0.15) is 0 Å². The molecule has 0 bridgehead atoms. The first-order valence-corrected chi connectivity index (χ1v) is 12.7. The zero-order chi connectivity index (χ0) is 24.5. The summed E-state index contributed by atoms with van der Waals surface area (Å²) in [5.74, 6) is 1.52. The SMILES string of the molecule is COc1nn(C)c2nc(C)c(CCC(=O)Nc3cccc(N4CCN(CC5CC5)CC4)c3)c(C)c12. The zero-order valence-electron chi connectivity index (χ0n) is 21.3. The lowest BCUT2D eigenvalue weighted by Gasteiger charge is -2.36. The minimum atomic E-state index is 0.00783. The predicted molar refractivity (Wildman–Crippen MR) is 139 cm³/mol. The second-order valence-electron chi connectivity index (χ2n) is 9.96. The molecule has 1 saturated carbocycles. The first-order chi connectivity index (χ1) is 16.9. The number of piperazine rings is 1. The first kappa shape index (κ1) is 23.6. The van der Waals surface area contributed by atoms with Crippen molar-refractivity contribution in [2.24, 2.45) is 13.0 Å². The number of hydrogen-bond acceptors (Lipinski definition) is 6. The fourth-order valence-corrected chi connectivity index (χ4v) is 5.20. The van der Waals surface area contributed by atoms with Crippen LogP contribution in [0.5, 0.6) is 5.88 Å². The standard InChI is InChI=1S/C27H36N6O2/c1-18-23(19(2)28-26-25(18)27(35-4)30-31(26)3)10-11-24(34)29-21-6-5-7-22(16-21)33-14-12-32(13-15-33)17-20-8-9-20/h5-7,16,20H,8-15,17H2,1-4H3,(H,29,34). The minimum absolute atomic E-state index is 0.00783. The summed E-state index contributed by atoms with van der Waals surface area (Å²) in [5, 5.41) is 8.43. The molecule has 1 N–H and O–H groups in total. The molecular formula is C27H36N6O2. The van der Waals surface area contributed by atoms with Crippen LogP contribution in [0.25, 0.3) is 11.0 Å². The summed E-state index contributed by atoms with van der Waals surface area (Å²) in [5.41, 5.74) is 5.92. The van der Waals surface area contributed by atoms with Crippen LogP contribution < -0.4 is 15.0 Å². The number of benzene rings is 1. The van der Waals surface area contributed by atoms with E-state index in [0.717, 1.165) is 65.6 Å². The third-order valence-electron chi connectivity index (χ3n) is 7.40. The number of hydrogen-bond donors (Lipinski definition) is 1. The zero-order valence-corrected chi connectivity index (χ0v) is 21.3. The Morgan fingerprint density at radius 1 is 1.17 bits per heavy atom. The maximum absolute atomic E-state index is 12.8. The maximum Gasteiger partial charge on any atom is 0.242 e. The number of aryl methyl sites for hydroxylation is 3. The second-order valence-corrected chi connectivity index (χ2v) is 9.96. The van der Waals surface area contributed by atoms with E-state index < -0.39 is 0 Å². The number of nitrogens with one attached hydrogen (secondary N) is 1. The average Bonchev–Trinajstić information content (AvgIpc) is 3.61. The van der Waals surface area contributed by atoms with Crippen LogP contribution in [0.15, 0.2) is 24.3 Å². The smallest absolute Gasteiger partial charge is 0.242 e. The molecule has 0 spiro atoms. The Balaban J connectivity index is 1.21. The molecule has 3 heterocycles. The monoisotopic (exact) mass is 476 g/mol. The molecule has 0 atom stereocenters. The molecule has 186 valence electrons. The lowest BCUT2D eigenvalue weighted by Crippen LogP contribution is -2.47. The summed E-state index contributed by atoms with van der Waals surface area (Å²) in [7, 11) is 3.49. The molecule has 3 aromatic rings. The maximum atomic E-state index is 12.8. The molecule has 8 heteroatoms. The highest BCUT2D eigenvalue weighted by molar-refractivity contribution is 5.92. The van der Waals surface area contributed by atoms with Crippen molar-refractivity contribution in [3.63, 3.8) is 0 Å². The third-order valence-corrected chi connectivity index (χ3v) is 7.40. The van der Waals surface area contributed by atoms with E-state index in [0.29, 0.717) is 18.7 Å². The molecule has 2 aromatic heterocycles. The van der Waals surface area contributed by atoms with Gasteiger partial charge < -0.3 is 15.0 Å². The number of ether oxygens (including phenoxy) is 1. The predicted octanol–water partition coefficient (Wildman–Crippen LogP) is 3.70. The first-order valence-electron chi connectivity index (χ1n) is 12.7. The van der Waals surface area contributed by atoms with E-state index in [-0.39, 0.29) is 5.91 Å². The summed E-state index contributed by atoms with van der Waals surface area (Å²) in [6, 6.07) is 8.23. The number of methoxy groups -OCH3 is 1. The molecular weight excluding hydrogens is 440 g/mol. The Bertz CT molecular complexity index is 1220. The lowest BCUT2D eigenvalue weighted by atomic mass is 10.00. The van der Waals surface area contributed by atoms with Crippen LogP contribution in [-0.2, 0) is 18.3 Å². The van der Waals surface area contributed by atoms with Crippen molar-refractivity contribution in [3.05, 3.63) is 41.1 Å². The van der Waals surface area contributed by atoms with Crippen molar-refractivity contribution < 1.29 is 9.53 Å². The summed E-state index contributed by atoms with van der Waals surface area (Å²) < 4.78 is 7.20. The highest BCUT2D eigenvalue weighted by Gasteiger charge is 2.26. The lowest BCUT2D eigenvalue weighted by molar-refractivity contribution is -0.116. The van der Waals surface area contributed by atoms with Crippen molar-refractivity contribution in [3.8, 4) is 5.88 Å². The fraction of sp³-hybridized carbons (Fsp3) is 0.519. The molecule has 35 heavy (non-hydrogen) atoms. The van der Waals surface area contributed by atoms with E-state index in [2.05, 4.69) is 39.3 Å². The van der Waals surface area contributed by atoms with Gasteiger partial charge in [0.2, 0.25) is 11.8 Å². The van der Waals surface area contributed by atoms with Gasteiger partial charge in [-0.2, -0.15) is 0 Å². The highest BCUT2D eigenvalue weighted by atomic mass is 16.5. The molecule has 5 rings (SSSR count). The summed E-state index contributed by atoms with van der Waals surface area (Å²) in [6.45, 7) is 9.62. The van der Waals surface area contributed by atoms with Crippen molar-refractivity contribution in [1.29, 1.82) is 0 Å². The van der Waals surface area contributed by atoms with Crippen LogP contribution in [0, 0.1) is 19.8 Å². The molecule has 1 amide bonds. The molecule has 2 aliphatic rings. The van der Waals surface area contributed by atoms with Gasteiger partial charge in [0.15, 0.2) is 5.65 Å². The number of nitrogens with zero attached hydrogens (tertiary/aromatic N) is 5. The molecule has 2 fully saturated rings. The normalized spacial score (nSPS) is 16.6. The Hall–Kier alpha value is -3.13. The molecule has 0 unspecified atom stereocenters. The quantitative estimate of drug-likeness (QED) is 0.534. The summed E-state index contributed by atoms with van der Waals surface area (Å²) in [4.78, 5) is 22.6. The Kier molecular flexibility index (Phi) is 6.65. The average molecular weight is 477 g/mol. The van der Waals surface area contributed by atoms with Crippen molar-refractivity contribution in [1.82, 2.24) is 19.7 Å². The largest absolute Gasteiger partial charge is 0.479 e. The number of amides is 1. The van der Waals surface area contributed by atoms with Gasteiger partial charge in [-0.3, -0.25) is 9.69 Å². The van der Waals surface area contributed by atoms with Crippen LogP contribution >= 0.6 is 0 Å². The van der Waals surface area contributed by atoms with Gasteiger partial charge in [0, 0.05) is 63.3 Å². The van der Waals surface area contributed by atoms with Crippen molar-refractivity contribution in [2.75, 3.05) is 50.1 Å². The number of carbonyl (C=O) groups excluding carboxylic acids is 1. The van der Waals surface area contributed by atoms with Crippen molar-refractivity contribution >= 4 is 28.3 Å². The molecule has 0 radical (unpaired) electrons. The van der Waals surface area contributed by atoms with Gasteiger partial charge in [-0.05, 0) is 68.4 Å². The topological polar surface area (TPSA) is 75.5 Å². The number of rotatable bonds is 8. The number of pyridine rings is 1. The van der Waals surface area contributed by atoms with E-state index >= 15 is 0 Å². The van der Waals surface area contributed by atoms with E-state index in [1.165, 1.54) is 25.1 Å². The van der Waals surface area contributed by atoms with Gasteiger partial charge in [0.25, 0.3) is 0 Å². The van der Waals surface area contributed by atoms with Crippen LogP contribution in [0.4, 0.5) is 11.4 Å². The molecule has 1 aliphatic carbocycles. The van der Waals surface area contributed by atoms with Gasteiger partial charge in [-0.25, -0.2) is 9.67 Å². The minimum Gasteiger partial charge on any atom is -0.479 e. The van der Waals surface area contributed by atoms with Crippen LogP contribution in [0.1, 0.15) is 36.1 Å². The summed E-state index contributed by atoms with van der Waals surface area (Å²) in [6.07, 6.45) is 3.82. The molecule has 1 aliphatic heterocycles. The van der Waals surface area contributed by atoms with Gasteiger partial charge in [-0.1, -0.05) is 6.07 Å². The Labute approximate surface area is 207 Å². The van der Waals surface area contributed by atoms with Crippen molar-refractivity contribution in [2.45, 2.75) is 39.5 Å². The Morgan fingerprint density at radius 2 is 1.94 bits per heavy atom. The number of anilines is 2. The van der Waals surface area contributed by atoms with Crippen LogP contribution in [-0.4, -0.2) is 65.4 Å². The molecule has 1 aromatic carbocycles. The molecule has 1 saturated heterocycles. The molecule has 8 nitrogen and oxygen atoms in total. The Morgan fingerprint density at radius 3 is 2.66 bits per heavy atom. The van der Waals surface area contributed by atoms with E-state index in [1.54, 1.807) is 11.8 Å². The number of fused-ring (bicyclic) bond motifs is 1. The van der Waals surface area contributed by atoms with Gasteiger partial charge in [-0.15, -0.1) is 5.10 Å². The third kappa shape index (κ3) is 5.12. The van der Waals surface area contributed by atoms with Gasteiger partial charge >= 0.3 is 0 Å². The summed E-state index contributed by atoms with van der Waals surface area (Å²) >= 11 is 0. The second kappa shape index (κ2) is 9.85. The number of aromatic nitrogens is 3. The van der Waals surface area contributed by atoms with E-state index in [4.69, 9.17) is 9.72 Å². The van der Waals surface area contributed by atoms with Gasteiger partial charge in [0.05, 0.1) is 12.5 Å².